The van der Waals surface area contributed by atoms with Crippen molar-refractivity contribution in [2.24, 2.45) is 0 Å². The van der Waals surface area contributed by atoms with Crippen LogP contribution < -0.4 is 10.9 Å². The zero-order valence-corrected chi connectivity index (χ0v) is 12.9. The number of rotatable bonds is 6. The van der Waals surface area contributed by atoms with E-state index in [4.69, 9.17) is 0 Å². The van der Waals surface area contributed by atoms with E-state index in [-0.39, 0.29) is 5.56 Å². The van der Waals surface area contributed by atoms with Crippen LogP contribution in [-0.2, 0) is 12.8 Å². The summed E-state index contributed by atoms with van der Waals surface area (Å²) >= 11 is 0. The summed E-state index contributed by atoms with van der Waals surface area (Å²) < 4.78 is 0. The van der Waals surface area contributed by atoms with Gasteiger partial charge in [-0.2, -0.15) is 0 Å². The first kappa shape index (κ1) is 15.4. The van der Waals surface area contributed by atoms with Gasteiger partial charge in [-0.05, 0) is 32.8 Å². The van der Waals surface area contributed by atoms with Crippen molar-refractivity contribution in [3.05, 3.63) is 63.3 Å². The average molecular weight is 285 g/mol. The zero-order valence-electron chi connectivity index (χ0n) is 12.9. The maximum atomic E-state index is 11.4. The number of aromatic nitrogens is 2. The molecule has 0 amide bonds. The maximum absolute atomic E-state index is 11.4. The summed E-state index contributed by atoms with van der Waals surface area (Å²) in [6.07, 6.45) is 1.77. The molecule has 112 valence electrons. The molecule has 0 unspecified atom stereocenters. The van der Waals surface area contributed by atoms with Crippen LogP contribution in [0, 0.1) is 13.8 Å². The van der Waals surface area contributed by atoms with Gasteiger partial charge in [-0.1, -0.05) is 29.8 Å². The Bertz CT molecular complexity index is 648. The zero-order chi connectivity index (χ0) is 15.2. The molecular formula is C17H23N3O. The first-order valence-corrected chi connectivity index (χ1v) is 7.38. The Kier molecular flexibility index (Phi) is 5.28. The standard InChI is InChI=1S/C17H23N3O/c1-12-5-4-6-15(9-12)10-13(2)18-8-7-16-11-17(21)20-14(3)19-16/h4-6,9,11,13,18H,7-8,10H2,1-3H3,(H,19,20,21)/t13-/m1/s1. The Morgan fingerprint density at radius 1 is 1.29 bits per heavy atom. The second-order valence-electron chi connectivity index (χ2n) is 5.62. The van der Waals surface area contributed by atoms with E-state index in [0.717, 1.165) is 25.1 Å². The van der Waals surface area contributed by atoms with Gasteiger partial charge in [-0.15, -0.1) is 0 Å². The summed E-state index contributed by atoms with van der Waals surface area (Å²) in [5.41, 5.74) is 3.40. The molecule has 1 heterocycles. The van der Waals surface area contributed by atoms with E-state index in [2.05, 4.69) is 53.4 Å². The number of aromatic amines is 1. The van der Waals surface area contributed by atoms with Gasteiger partial charge in [0.25, 0.3) is 5.56 Å². The second-order valence-corrected chi connectivity index (χ2v) is 5.62. The van der Waals surface area contributed by atoms with E-state index in [1.807, 2.05) is 0 Å². The first-order valence-electron chi connectivity index (χ1n) is 7.38. The van der Waals surface area contributed by atoms with Crippen molar-refractivity contribution in [1.82, 2.24) is 15.3 Å². The number of benzene rings is 1. The van der Waals surface area contributed by atoms with E-state index < -0.39 is 0 Å². The molecule has 0 saturated carbocycles. The van der Waals surface area contributed by atoms with Gasteiger partial charge in [0.2, 0.25) is 0 Å². The van der Waals surface area contributed by atoms with Crippen LogP contribution in [0.15, 0.2) is 35.1 Å². The molecule has 2 rings (SSSR count). The topological polar surface area (TPSA) is 57.8 Å². The SMILES string of the molecule is Cc1cccc(C[C@@H](C)NCCc2cc(=O)[nH]c(C)n2)c1. The van der Waals surface area contributed by atoms with Crippen molar-refractivity contribution in [3.8, 4) is 0 Å². The van der Waals surface area contributed by atoms with Gasteiger partial charge in [-0.3, -0.25) is 4.79 Å². The molecule has 0 aliphatic rings. The van der Waals surface area contributed by atoms with Crippen molar-refractivity contribution < 1.29 is 0 Å². The molecule has 1 atom stereocenters. The van der Waals surface area contributed by atoms with Crippen LogP contribution in [-0.4, -0.2) is 22.6 Å². The van der Waals surface area contributed by atoms with Gasteiger partial charge in [0.15, 0.2) is 0 Å². The lowest BCUT2D eigenvalue weighted by Gasteiger charge is -2.14. The fourth-order valence-corrected chi connectivity index (χ4v) is 2.48. The summed E-state index contributed by atoms with van der Waals surface area (Å²) in [7, 11) is 0. The van der Waals surface area contributed by atoms with Crippen molar-refractivity contribution in [2.45, 2.75) is 39.7 Å². The summed E-state index contributed by atoms with van der Waals surface area (Å²) in [6.45, 7) is 6.92. The third-order valence-electron chi connectivity index (χ3n) is 3.41. The maximum Gasteiger partial charge on any atom is 0.251 e. The number of aryl methyl sites for hydroxylation is 2. The third-order valence-corrected chi connectivity index (χ3v) is 3.41. The summed E-state index contributed by atoms with van der Waals surface area (Å²) in [5.74, 6) is 0.672. The fourth-order valence-electron chi connectivity index (χ4n) is 2.48. The van der Waals surface area contributed by atoms with Crippen molar-refractivity contribution in [1.29, 1.82) is 0 Å². The lowest BCUT2D eigenvalue weighted by Crippen LogP contribution is -2.30. The van der Waals surface area contributed by atoms with Crippen LogP contribution in [0.2, 0.25) is 0 Å². The first-order chi connectivity index (χ1) is 10.0. The number of hydrogen-bond donors (Lipinski definition) is 2. The van der Waals surface area contributed by atoms with Crippen molar-refractivity contribution in [3.63, 3.8) is 0 Å². The average Bonchev–Trinajstić information content (AvgIpc) is 2.37. The molecule has 0 fully saturated rings. The Morgan fingerprint density at radius 2 is 2.10 bits per heavy atom. The van der Waals surface area contributed by atoms with E-state index in [1.54, 1.807) is 13.0 Å². The van der Waals surface area contributed by atoms with Crippen molar-refractivity contribution in [2.75, 3.05) is 6.54 Å². The summed E-state index contributed by atoms with van der Waals surface area (Å²) in [5, 5.41) is 3.49. The normalized spacial score (nSPS) is 12.3. The highest BCUT2D eigenvalue weighted by molar-refractivity contribution is 5.22. The predicted molar refractivity (Wildman–Crippen MR) is 85.6 cm³/mol. The lowest BCUT2D eigenvalue weighted by atomic mass is 10.0. The van der Waals surface area contributed by atoms with Gasteiger partial charge in [0.1, 0.15) is 5.82 Å². The van der Waals surface area contributed by atoms with Gasteiger partial charge in [0.05, 0.1) is 0 Å². The Balaban J connectivity index is 1.81. The van der Waals surface area contributed by atoms with E-state index in [0.29, 0.717) is 11.9 Å². The molecule has 2 N–H and O–H groups in total. The number of nitrogens with one attached hydrogen (secondary N) is 2. The molecule has 0 bridgehead atoms. The molecule has 4 nitrogen and oxygen atoms in total. The minimum absolute atomic E-state index is 0.0784. The van der Waals surface area contributed by atoms with Gasteiger partial charge in [0, 0.05) is 30.8 Å². The largest absolute Gasteiger partial charge is 0.314 e. The van der Waals surface area contributed by atoms with E-state index >= 15 is 0 Å². The van der Waals surface area contributed by atoms with Crippen LogP contribution >= 0.6 is 0 Å². The van der Waals surface area contributed by atoms with Crippen LogP contribution in [0.1, 0.15) is 29.6 Å². The van der Waals surface area contributed by atoms with E-state index in [1.165, 1.54) is 11.1 Å². The monoisotopic (exact) mass is 285 g/mol. The van der Waals surface area contributed by atoms with Crippen LogP contribution in [0.4, 0.5) is 0 Å². The van der Waals surface area contributed by atoms with E-state index in [9.17, 15) is 4.79 Å². The van der Waals surface area contributed by atoms with Crippen LogP contribution in [0.5, 0.6) is 0 Å². The van der Waals surface area contributed by atoms with Crippen LogP contribution in [0.25, 0.3) is 0 Å². The van der Waals surface area contributed by atoms with Gasteiger partial charge in [-0.25, -0.2) is 4.98 Å². The molecule has 0 spiro atoms. The lowest BCUT2D eigenvalue weighted by molar-refractivity contribution is 0.545. The molecule has 0 aliphatic heterocycles. The molecule has 4 heteroatoms. The number of hydrogen-bond acceptors (Lipinski definition) is 3. The van der Waals surface area contributed by atoms with Crippen molar-refractivity contribution >= 4 is 0 Å². The molecule has 21 heavy (non-hydrogen) atoms. The summed E-state index contributed by atoms with van der Waals surface area (Å²) in [6, 6.07) is 10.6. The molecule has 0 radical (unpaired) electrons. The predicted octanol–water partition coefficient (Wildman–Crippen LogP) is 2.15. The number of H-pyrrole nitrogens is 1. The molecule has 0 saturated heterocycles. The van der Waals surface area contributed by atoms with Gasteiger partial charge >= 0.3 is 0 Å². The minimum Gasteiger partial charge on any atom is -0.314 e. The Labute approximate surface area is 125 Å². The molecular weight excluding hydrogens is 262 g/mol. The highest BCUT2D eigenvalue weighted by Crippen LogP contribution is 2.06. The molecule has 1 aromatic carbocycles. The second kappa shape index (κ2) is 7.18. The number of nitrogens with zero attached hydrogens (tertiary/aromatic N) is 1. The highest BCUT2D eigenvalue weighted by atomic mass is 16.1. The highest BCUT2D eigenvalue weighted by Gasteiger charge is 2.04. The molecule has 2 aromatic rings. The summed E-state index contributed by atoms with van der Waals surface area (Å²) in [4.78, 5) is 18.4. The molecule has 0 aliphatic carbocycles. The minimum atomic E-state index is -0.0784. The third kappa shape index (κ3) is 5.16. The smallest absolute Gasteiger partial charge is 0.251 e. The quantitative estimate of drug-likeness (QED) is 0.855. The van der Waals surface area contributed by atoms with Gasteiger partial charge < -0.3 is 10.3 Å². The van der Waals surface area contributed by atoms with Crippen LogP contribution in [0.3, 0.4) is 0 Å². The Morgan fingerprint density at radius 3 is 2.81 bits per heavy atom. The molecule has 1 aromatic heterocycles. The fraction of sp³-hybridized carbons (Fsp3) is 0.412. The Hall–Kier alpha value is -1.94.